The number of carbonyl (C=O) groups is 1. The van der Waals surface area contributed by atoms with Gasteiger partial charge in [0.1, 0.15) is 0 Å². The molecule has 3 rings (SSSR count). The van der Waals surface area contributed by atoms with Crippen LogP contribution in [0.4, 0.5) is 5.69 Å². The molecule has 0 spiro atoms. The Hall–Kier alpha value is -2.30. The highest BCUT2D eigenvalue weighted by Crippen LogP contribution is 2.20. The fraction of sp³-hybridized carbons (Fsp3) is 0.333. The lowest BCUT2D eigenvalue weighted by atomic mass is 10.1. The third-order valence-electron chi connectivity index (χ3n) is 3.37. The number of rotatable bonds is 2. The predicted molar refractivity (Wildman–Crippen MR) is 76.2 cm³/mol. The standard InChI is InChI=1S/C15H17N3O2/c1-10-4-5-12(11(2)8-10)16-15(19)13-9-14-18(17-13)6-3-7-20-14/h4-5,8-9H,3,6-7H2,1-2H3,(H,16,19). The van der Waals surface area contributed by atoms with Crippen LogP contribution in [-0.4, -0.2) is 22.3 Å². The molecule has 1 amide bonds. The second-order valence-corrected chi connectivity index (χ2v) is 5.07. The first kappa shape index (κ1) is 12.7. The van der Waals surface area contributed by atoms with Gasteiger partial charge in [0.05, 0.1) is 6.61 Å². The van der Waals surface area contributed by atoms with E-state index in [2.05, 4.69) is 10.4 Å². The van der Waals surface area contributed by atoms with Gasteiger partial charge in [-0.3, -0.25) is 4.79 Å². The minimum absolute atomic E-state index is 0.206. The van der Waals surface area contributed by atoms with Crippen LogP contribution in [0, 0.1) is 13.8 Å². The molecule has 1 aliphatic heterocycles. The molecule has 2 heterocycles. The Balaban J connectivity index is 1.80. The Kier molecular flexibility index (Phi) is 3.18. The summed E-state index contributed by atoms with van der Waals surface area (Å²) >= 11 is 0. The molecule has 0 unspecified atom stereocenters. The number of fused-ring (bicyclic) bond motifs is 1. The maximum Gasteiger partial charge on any atom is 0.276 e. The Labute approximate surface area is 117 Å². The number of carbonyl (C=O) groups excluding carboxylic acids is 1. The van der Waals surface area contributed by atoms with Gasteiger partial charge in [0, 0.05) is 24.7 Å². The van der Waals surface area contributed by atoms with Gasteiger partial charge in [0.25, 0.3) is 5.91 Å². The molecular formula is C15H17N3O2. The van der Waals surface area contributed by atoms with Gasteiger partial charge in [0.2, 0.25) is 5.88 Å². The predicted octanol–water partition coefficient (Wildman–Crippen LogP) is 2.53. The highest BCUT2D eigenvalue weighted by atomic mass is 16.5. The highest BCUT2D eigenvalue weighted by molar-refractivity contribution is 6.03. The summed E-state index contributed by atoms with van der Waals surface area (Å²) in [6, 6.07) is 7.62. The number of hydrogen-bond donors (Lipinski definition) is 1. The summed E-state index contributed by atoms with van der Waals surface area (Å²) in [7, 11) is 0. The number of nitrogens with one attached hydrogen (secondary N) is 1. The van der Waals surface area contributed by atoms with Crippen molar-refractivity contribution >= 4 is 11.6 Å². The molecule has 1 aromatic heterocycles. The minimum Gasteiger partial charge on any atom is -0.478 e. The number of aryl methyl sites for hydroxylation is 3. The van der Waals surface area contributed by atoms with Crippen molar-refractivity contribution in [2.75, 3.05) is 11.9 Å². The number of amides is 1. The zero-order valence-corrected chi connectivity index (χ0v) is 11.6. The molecule has 5 heteroatoms. The number of nitrogens with zero attached hydrogens (tertiary/aromatic N) is 2. The van der Waals surface area contributed by atoms with E-state index in [0.29, 0.717) is 18.2 Å². The molecule has 2 aromatic rings. The quantitative estimate of drug-likeness (QED) is 0.913. The zero-order valence-electron chi connectivity index (χ0n) is 11.6. The number of anilines is 1. The first-order valence-corrected chi connectivity index (χ1v) is 6.73. The summed E-state index contributed by atoms with van der Waals surface area (Å²) in [6.45, 7) is 5.49. The lowest BCUT2D eigenvalue weighted by Crippen LogP contribution is -2.16. The van der Waals surface area contributed by atoms with Crippen LogP contribution in [0.5, 0.6) is 5.88 Å². The second kappa shape index (κ2) is 5.00. The summed E-state index contributed by atoms with van der Waals surface area (Å²) in [5, 5.41) is 7.17. The molecule has 0 saturated carbocycles. The second-order valence-electron chi connectivity index (χ2n) is 5.07. The molecule has 1 aliphatic rings. The molecule has 104 valence electrons. The van der Waals surface area contributed by atoms with Crippen molar-refractivity contribution in [3.05, 3.63) is 41.1 Å². The summed E-state index contributed by atoms with van der Waals surface area (Å²) < 4.78 is 7.20. The third kappa shape index (κ3) is 2.39. The van der Waals surface area contributed by atoms with Crippen LogP contribution in [0.25, 0.3) is 0 Å². The molecule has 0 bridgehead atoms. The van der Waals surface area contributed by atoms with Crippen molar-refractivity contribution in [1.29, 1.82) is 0 Å². The normalized spacial score (nSPS) is 13.5. The van der Waals surface area contributed by atoms with Crippen molar-refractivity contribution in [3.63, 3.8) is 0 Å². The van der Waals surface area contributed by atoms with Crippen LogP contribution in [0.3, 0.4) is 0 Å². The lowest BCUT2D eigenvalue weighted by Gasteiger charge is -2.13. The Morgan fingerprint density at radius 1 is 1.35 bits per heavy atom. The van der Waals surface area contributed by atoms with Crippen molar-refractivity contribution < 1.29 is 9.53 Å². The summed E-state index contributed by atoms with van der Waals surface area (Å²) in [6.07, 6.45) is 0.923. The molecule has 0 atom stereocenters. The van der Waals surface area contributed by atoms with Gasteiger partial charge >= 0.3 is 0 Å². The maximum atomic E-state index is 12.2. The molecule has 20 heavy (non-hydrogen) atoms. The van der Waals surface area contributed by atoms with Gasteiger partial charge < -0.3 is 10.1 Å². The van der Waals surface area contributed by atoms with E-state index >= 15 is 0 Å². The van der Waals surface area contributed by atoms with Crippen LogP contribution in [0.2, 0.25) is 0 Å². The molecule has 0 saturated heterocycles. The Morgan fingerprint density at radius 2 is 2.20 bits per heavy atom. The fourth-order valence-corrected chi connectivity index (χ4v) is 2.32. The molecule has 0 fully saturated rings. The van der Waals surface area contributed by atoms with Gasteiger partial charge in [-0.2, -0.15) is 5.10 Å². The topological polar surface area (TPSA) is 56.2 Å². The van der Waals surface area contributed by atoms with Gasteiger partial charge in [-0.05, 0) is 25.5 Å². The van der Waals surface area contributed by atoms with Crippen LogP contribution in [-0.2, 0) is 6.54 Å². The molecule has 5 nitrogen and oxygen atoms in total. The minimum atomic E-state index is -0.206. The average molecular weight is 271 g/mol. The van der Waals surface area contributed by atoms with E-state index in [1.807, 2.05) is 32.0 Å². The summed E-state index contributed by atoms with van der Waals surface area (Å²) in [5.74, 6) is 0.462. The number of ether oxygens (including phenoxy) is 1. The number of aromatic nitrogens is 2. The van der Waals surface area contributed by atoms with E-state index in [4.69, 9.17) is 4.74 Å². The van der Waals surface area contributed by atoms with E-state index < -0.39 is 0 Å². The molecule has 0 aliphatic carbocycles. The Bertz CT molecular complexity index is 638. The van der Waals surface area contributed by atoms with Crippen molar-refractivity contribution in [2.24, 2.45) is 0 Å². The van der Waals surface area contributed by atoms with E-state index in [9.17, 15) is 4.79 Å². The molecule has 1 aromatic carbocycles. The largest absolute Gasteiger partial charge is 0.478 e. The fourth-order valence-electron chi connectivity index (χ4n) is 2.32. The van der Waals surface area contributed by atoms with Crippen LogP contribution < -0.4 is 10.1 Å². The van der Waals surface area contributed by atoms with Gasteiger partial charge in [-0.15, -0.1) is 0 Å². The van der Waals surface area contributed by atoms with Crippen molar-refractivity contribution in [2.45, 2.75) is 26.8 Å². The Morgan fingerprint density at radius 3 is 2.95 bits per heavy atom. The third-order valence-corrected chi connectivity index (χ3v) is 3.37. The van der Waals surface area contributed by atoms with Crippen LogP contribution in [0.15, 0.2) is 24.3 Å². The first-order valence-electron chi connectivity index (χ1n) is 6.73. The van der Waals surface area contributed by atoms with Crippen LogP contribution in [0.1, 0.15) is 28.0 Å². The SMILES string of the molecule is Cc1ccc(NC(=O)c2cc3n(n2)CCCO3)c(C)c1. The molecule has 1 N–H and O–H groups in total. The lowest BCUT2D eigenvalue weighted by molar-refractivity contribution is 0.102. The zero-order chi connectivity index (χ0) is 14.1. The van der Waals surface area contributed by atoms with E-state index in [0.717, 1.165) is 24.2 Å². The van der Waals surface area contributed by atoms with Crippen LogP contribution >= 0.6 is 0 Å². The molecule has 0 radical (unpaired) electrons. The number of benzene rings is 1. The van der Waals surface area contributed by atoms with Gasteiger partial charge in [0.15, 0.2) is 5.69 Å². The summed E-state index contributed by atoms with van der Waals surface area (Å²) in [5.41, 5.74) is 3.42. The first-order chi connectivity index (χ1) is 9.63. The number of hydrogen-bond acceptors (Lipinski definition) is 3. The van der Waals surface area contributed by atoms with E-state index in [1.165, 1.54) is 5.56 Å². The van der Waals surface area contributed by atoms with Crippen molar-refractivity contribution in [3.8, 4) is 5.88 Å². The van der Waals surface area contributed by atoms with Gasteiger partial charge in [-0.1, -0.05) is 17.7 Å². The summed E-state index contributed by atoms with van der Waals surface area (Å²) in [4.78, 5) is 12.2. The smallest absolute Gasteiger partial charge is 0.276 e. The monoisotopic (exact) mass is 271 g/mol. The average Bonchev–Trinajstić information content (AvgIpc) is 2.86. The highest BCUT2D eigenvalue weighted by Gasteiger charge is 2.18. The molecular weight excluding hydrogens is 254 g/mol. The van der Waals surface area contributed by atoms with E-state index in [1.54, 1.807) is 10.7 Å². The van der Waals surface area contributed by atoms with Crippen molar-refractivity contribution in [1.82, 2.24) is 9.78 Å². The van der Waals surface area contributed by atoms with Gasteiger partial charge in [-0.25, -0.2) is 4.68 Å². The maximum absolute atomic E-state index is 12.2. The van der Waals surface area contributed by atoms with E-state index in [-0.39, 0.29) is 5.91 Å².